The molecule has 92 valence electrons. The molecule has 0 unspecified atom stereocenters. The van der Waals surface area contributed by atoms with E-state index >= 15 is 0 Å². The summed E-state index contributed by atoms with van der Waals surface area (Å²) in [5.74, 6) is 0.549. The topological polar surface area (TPSA) is 44.1 Å². The van der Waals surface area contributed by atoms with Crippen molar-refractivity contribution in [2.24, 2.45) is 5.92 Å². The van der Waals surface area contributed by atoms with Gasteiger partial charge in [-0.05, 0) is 28.3 Å². The number of amides is 1. The normalized spacial score (nSPS) is 10.2. The van der Waals surface area contributed by atoms with E-state index in [2.05, 4.69) is 19.9 Å². The molecular weight excluding hydrogens is 232 g/mol. The van der Waals surface area contributed by atoms with Gasteiger partial charge >= 0.3 is 0 Å². The first kappa shape index (κ1) is 13.7. The second-order valence-corrected chi connectivity index (χ2v) is 5.23. The zero-order valence-corrected chi connectivity index (χ0v) is 11.2. The Morgan fingerprint density at radius 2 is 2.35 bits per heavy atom. The Morgan fingerprint density at radius 1 is 1.59 bits per heavy atom. The van der Waals surface area contributed by atoms with E-state index in [0.29, 0.717) is 25.3 Å². The minimum atomic E-state index is 0.118. The largest absolute Gasteiger partial charge is 0.341 e. The minimum Gasteiger partial charge on any atom is -0.341 e. The van der Waals surface area contributed by atoms with E-state index in [9.17, 15) is 4.79 Å². The third kappa shape index (κ3) is 5.01. The lowest BCUT2D eigenvalue weighted by molar-refractivity contribution is -0.130. The van der Waals surface area contributed by atoms with Gasteiger partial charge in [0.15, 0.2) is 0 Å². The molecule has 0 bridgehead atoms. The van der Waals surface area contributed by atoms with Crippen molar-refractivity contribution < 1.29 is 4.79 Å². The number of hydrogen-bond acceptors (Lipinski definition) is 3. The maximum Gasteiger partial charge on any atom is 0.227 e. The molecule has 0 aromatic carbocycles. The van der Waals surface area contributed by atoms with Crippen molar-refractivity contribution in [1.29, 1.82) is 5.26 Å². The lowest BCUT2D eigenvalue weighted by Crippen LogP contribution is -2.36. The molecular formula is C13H18N2OS. The van der Waals surface area contributed by atoms with Crippen LogP contribution in [0.25, 0.3) is 0 Å². The van der Waals surface area contributed by atoms with E-state index in [1.54, 1.807) is 16.2 Å². The second kappa shape index (κ2) is 7.08. The minimum absolute atomic E-state index is 0.118. The quantitative estimate of drug-likeness (QED) is 0.779. The maximum atomic E-state index is 12.1. The van der Waals surface area contributed by atoms with Crippen LogP contribution in [0.3, 0.4) is 0 Å². The molecule has 1 heterocycles. The van der Waals surface area contributed by atoms with Crippen LogP contribution in [-0.4, -0.2) is 23.9 Å². The molecule has 0 saturated carbocycles. The van der Waals surface area contributed by atoms with Crippen LogP contribution >= 0.6 is 11.3 Å². The van der Waals surface area contributed by atoms with Gasteiger partial charge in [0, 0.05) is 13.1 Å². The van der Waals surface area contributed by atoms with Crippen LogP contribution in [0, 0.1) is 17.2 Å². The molecule has 0 atom stereocenters. The highest BCUT2D eigenvalue weighted by Gasteiger charge is 2.15. The molecule has 1 aromatic heterocycles. The Bertz CT molecular complexity index is 379. The number of carbonyl (C=O) groups excluding carboxylic acids is 1. The summed E-state index contributed by atoms with van der Waals surface area (Å²) in [6, 6.07) is 4.07. The van der Waals surface area contributed by atoms with Gasteiger partial charge in [0.2, 0.25) is 5.91 Å². The van der Waals surface area contributed by atoms with Crippen LogP contribution in [0.4, 0.5) is 0 Å². The molecule has 0 aliphatic rings. The number of carbonyl (C=O) groups is 1. The molecule has 0 fully saturated rings. The summed E-state index contributed by atoms with van der Waals surface area (Å²) < 4.78 is 0. The van der Waals surface area contributed by atoms with Gasteiger partial charge in [0.25, 0.3) is 0 Å². The summed E-state index contributed by atoms with van der Waals surface area (Å²) in [6.45, 7) is 5.43. The van der Waals surface area contributed by atoms with Crippen LogP contribution in [0.2, 0.25) is 0 Å². The first-order valence-electron chi connectivity index (χ1n) is 5.79. The number of nitrogens with zero attached hydrogens (tertiary/aromatic N) is 2. The molecule has 3 nitrogen and oxygen atoms in total. The number of thiophene rings is 1. The van der Waals surface area contributed by atoms with E-state index < -0.39 is 0 Å². The summed E-state index contributed by atoms with van der Waals surface area (Å²) in [5.41, 5.74) is 1.06. The SMILES string of the molecule is CC(C)CN(CCC#N)C(=O)Cc1ccsc1. The van der Waals surface area contributed by atoms with Crippen molar-refractivity contribution in [1.82, 2.24) is 4.90 Å². The molecule has 1 rings (SSSR count). The Hall–Kier alpha value is -1.34. The van der Waals surface area contributed by atoms with E-state index in [0.717, 1.165) is 12.1 Å². The average Bonchev–Trinajstić information content (AvgIpc) is 2.76. The van der Waals surface area contributed by atoms with E-state index in [1.165, 1.54) is 0 Å². The highest BCUT2D eigenvalue weighted by atomic mass is 32.1. The second-order valence-electron chi connectivity index (χ2n) is 4.45. The fraction of sp³-hybridized carbons (Fsp3) is 0.538. The Morgan fingerprint density at radius 3 is 2.88 bits per heavy atom. The van der Waals surface area contributed by atoms with Gasteiger partial charge in [-0.15, -0.1) is 0 Å². The first-order valence-corrected chi connectivity index (χ1v) is 6.73. The van der Waals surface area contributed by atoms with Crippen molar-refractivity contribution in [2.45, 2.75) is 26.7 Å². The molecule has 1 aromatic rings. The highest BCUT2D eigenvalue weighted by molar-refractivity contribution is 7.07. The summed E-state index contributed by atoms with van der Waals surface area (Å²) in [7, 11) is 0. The average molecular weight is 250 g/mol. The van der Waals surface area contributed by atoms with Crippen LogP contribution in [0.15, 0.2) is 16.8 Å². The van der Waals surface area contributed by atoms with Crippen molar-refractivity contribution in [3.63, 3.8) is 0 Å². The van der Waals surface area contributed by atoms with Gasteiger partial charge in [-0.2, -0.15) is 16.6 Å². The number of hydrogen-bond donors (Lipinski definition) is 0. The fourth-order valence-electron chi connectivity index (χ4n) is 1.62. The highest BCUT2D eigenvalue weighted by Crippen LogP contribution is 2.09. The van der Waals surface area contributed by atoms with Gasteiger partial charge in [-0.3, -0.25) is 4.79 Å². The molecule has 0 N–H and O–H groups in total. The van der Waals surface area contributed by atoms with Crippen LogP contribution in [0.5, 0.6) is 0 Å². The van der Waals surface area contributed by atoms with Crippen LogP contribution in [-0.2, 0) is 11.2 Å². The number of nitriles is 1. The Kier molecular flexibility index (Phi) is 5.71. The fourth-order valence-corrected chi connectivity index (χ4v) is 2.29. The lowest BCUT2D eigenvalue weighted by Gasteiger charge is -2.23. The monoisotopic (exact) mass is 250 g/mol. The van der Waals surface area contributed by atoms with Gasteiger partial charge in [-0.25, -0.2) is 0 Å². The third-order valence-corrected chi connectivity index (χ3v) is 3.10. The van der Waals surface area contributed by atoms with Gasteiger partial charge in [0.1, 0.15) is 0 Å². The molecule has 0 aliphatic heterocycles. The van der Waals surface area contributed by atoms with Gasteiger partial charge < -0.3 is 4.90 Å². The predicted molar refractivity (Wildman–Crippen MR) is 69.7 cm³/mol. The summed E-state index contributed by atoms with van der Waals surface area (Å²) in [4.78, 5) is 13.9. The van der Waals surface area contributed by atoms with Crippen LogP contribution < -0.4 is 0 Å². The van der Waals surface area contributed by atoms with Crippen LogP contribution in [0.1, 0.15) is 25.8 Å². The molecule has 1 amide bonds. The molecule has 0 radical (unpaired) electrons. The zero-order valence-electron chi connectivity index (χ0n) is 10.3. The maximum absolute atomic E-state index is 12.1. The van der Waals surface area contributed by atoms with Gasteiger partial charge in [0.05, 0.1) is 18.9 Å². The molecule has 0 aliphatic carbocycles. The van der Waals surface area contributed by atoms with Crippen molar-refractivity contribution >= 4 is 17.2 Å². The molecule has 17 heavy (non-hydrogen) atoms. The summed E-state index contributed by atoms with van der Waals surface area (Å²) in [6.07, 6.45) is 0.851. The summed E-state index contributed by atoms with van der Waals surface area (Å²) in [5, 5.41) is 12.6. The van der Waals surface area contributed by atoms with Gasteiger partial charge in [-0.1, -0.05) is 13.8 Å². The van der Waals surface area contributed by atoms with E-state index in [-0.39, 0.29) is 5.91 Å². The van der Waals surface area contributed by atoms with Crippen molar-refractivity contribution in [3.8, 4) is 6.07 Å². The van der Waals surface area contributed by atoms with Crippen molar-refractivity contribution in [3.05, 3.63) is 22.4 Å². The van der Waals surface area contributed by atoms with E-state index in [4.69, 9.17) is 5.26 Å². The smallest absolute Gasteiger partial charge is 0.227 e. The van der Waals surface area contributed by atoms with E-state index in [1.807, 2.05) is 16.8 Å². The Balaban J connectivity index is 2.56. The molecule has 4 heteroatoms. The van der Waals surface area contributed by atoms with Crippen molar-refractivity contribution in [2.75, 3.05) is 13.1 Å². The lowest BCUT2D eigenvalue weighted by atomic mass is 10.1. The first-order chi connectivity index (χ1) is 8.13. The molecule has 0 saturated heterocycles. The third-order valence-electron chi connectivity index (χ3n) is 2.37. The standard InChI is InChI=1S/C13H18N2OS/c1-11(2)9-15(6-3-5-14)13(16)8-12-4-7-17-10-12/h4,7,10-11H,3,6,8-9H2,1-2H3. The Labute approximate surface area is 107 Å². The zero-order chi connectivity index (χ0) is 12.7. The molecule has 0 spiro atoms. The number of rotatable bonds is 6. The summed E-state index contributed by atoms with van der Waals surface area (Å²) >= 11 is 1.60. The predicted octanol–water partition coefficient (Wildman–Crippen LogP) is 2.69.